The minimum Gasteiger partial charge on any atom is -0.369 e. The SMILES string of the molecule is NC(=O)[C@H]1CCCN(C(=O)CN2CCc3ccccc3C2)C1. The Kier molecular flexibility index (Phi) is 4.43. The quantitative estimate of drug-likeness (QED) is 0.896. The molecule has 0 radical (unpaired) electrons. The number of piperidine rings is 1. The predicted octanol–water partition coefficient (Wildman–Crippen LogP) is 0.769. The molecule has 1 atom stereocenters. The van der Waals surface area contributed by atoms with Gasteiger partial charge in [-0.05, 0) is 30.4 Å². The van der Waals surface area contributed by atoms with Crippen LogP contribution in [0.25, 0.3) is 0 Å². The maximum Gasteiger partial charge on any atom is 0.236 e. The van der Waals surface area contributed by atoms with Crippen LogP contribution >= 0.6 is 0 Å². The number of nitrogens with two attached hydrogens (primary N) is 1. The fourth-order valence-corrected chi connectivity index (χ4v) is 3.42. The van der Waals surface area contributed by atoms with Crippen molar-refractivity contribution in [3.8, 4) is 0 Å². The van der Waals surface area contributed by atoms with Gasteiger partial charge >= 0.3 is 0 Å². The van der Waals surface area contributed by atoms with Crippen molar-refractivity contribution in [3.05, 3.63) is 35.4 Å². The van der Waals surface area contributed by atoms with Gasteiger partial charge in [-0.2, -0.15) is 0 Å². The van der Waals surface area contributed by atoms with Crippen LogP contribution in [0.15, 0.2) is 24.3 Å². The van der Waals surface area contributed by atoms with E-state index in [1.54, 1.807) is 4.90 Å². The Labute approximate surface area is 131 Å². The lowest BCUT2D eigenvalue weighted by Gasteiger charge is -2.34. The molecule has 5 heteroatoms. The summed E-state index contributed by atoms with van der Waals surface area (Å²) >= 11 is 0. The van der Waals surface area contributed by atoms with Crippen LogP contribution in [0.5, 0.6) is 0 Å². The van der Waals surface area contributed by atoms with Crippen molar-refractivity contribution < 1.29 is 9.59 Å². The minimum absolute atomic E-state index is 0.116. The van der Waals surface area contributed by atoms with Crippen molar-refractivity contribution in [2.24, 2.45) is 11.7 Å². The second-order valence-electron chi connectivity index (χ2n) is 6.31. The monoisotopic (exact) mass is 301 g/mol. The maximum atomic E-state index is 12.5. The number of hydrogen-bond acceptors (Lipinski definition) is 3. The Morgan fingerprint density at radius 2 is 1.95 bits per heavy atom. The molecule has 2 aliphatic rings. The van der Waals surface area contributed by atoms with Crippen LogP contribution in [0.3, 0.4) is 0 Å². The fourth-order valence-electron chi connectivity index (χ4n) is 3.42. The zero-order valence-electron chi connectivity index (χ0n) is 12.8. The van der Waals surface area contributed by atoms with Crippen molar-refractivity contribution in [1.82, 2.24) is 9.80 Å². The number of amides is 2. The van der Waals surface area contributed by atoms with Crippen LogP contribution in [-0.4, -0.2) is 47.8 Å². The summed E-state index contributed by atoms with van der Waals surface area (Å²) in [5.74, 6) is -0.352. The number of carbonyl (C=O) groups is 2. The van der Waals surface area contributed by atoms with Crippen LogP contribution in [0.1, 0.15) is 24.0 Å². The Balaban J connectivity index is 1.57. The van der Waals surface area contributed by atoms with Crippen LogP contribution in [0, 0.1) is 5.92 Å². The van der Waals surface area contributed by atoms with Gasteiger partial charge in [0.25, 0.3) is 0 Å². The summed E-state index contributed by atoms with van der Waals surface area (Å²) < 4.78 is 0. The van der Waals surface area contributed by atoms with E-state index in [1.807, 2.05) is 6.07 Å². The predicted molar refractivity (Wildman–Crippen MR) is 83.9 cm³/mol. The molecule has 0 bridgehead atoms. The smallest absolute Gasteiger partial charge is 0.236 e. The average Bonchev–Trinajstić information content (AvgIpc) is 2.55. The van der Waals surface area contributed by atoms with Gasteiger partial charge in [0, 0.05) is 26.2 Å². The molecule has 2 N–H and O–H groups in total. The number of hydrogen-bond donors (Lipinski definition) is 1. The highest BCUT2D eigenvalue weighted by Gasteiger charge is 2.28. The fraction of sp³-hybridized carbons (Fsp3) is 0.529. The number of fused-ring (bicyclic) bond motifs is 1. The summed E-state index contributed by atoms with van der Waals surface area (Å²) in [6.07, 6.45) is 2.66. The van der Waals surface area contributed by atoms with Gasteiger partial charge in [-0.15, -0.1) is 0 Å². The summed E-state index contributed by atoms with van der Waals surface area (Å²) in [5.41, 5.74) is 8.08. The molecule has 0 spiro atoms. The van der Waals surface area contributed by atoms with E-state index in [4.69, 9.17) is 5.73 Å². The number of carbonyl (C=O) groups excluding carboxylic acids is 2. The van der Waals surface area contributed by atoms with Crippen molar-refractivity contribution in [3.63, 3.8) is 0 Å². The number of primary amides is 1. The van der Waals surface area contributed by atoms with Gasteiger partial charge in [0.15, 0.2) is 0 Å². The minimum atomic E-state index is -0.288. The first-order chi connectivity index (χ1) is 10.6. The van der Waals surface area contributed by atoms with Crippen molar-refractivity contribution in [1.29, 1.82) is 0 Å². The lowest BCUT2D eigenvalue weighted by Crippen LogP contribution is -2.48. The van der Waals surface area contributed by atoms with Crippen molar-refractivity contribution in [2.45, 2.75) is 25.8 Å². The topological polar surface area (TPSA) is 66.6 Å². The molecule has 3 rings (SSSR count). The van der Waals surface area contributed by atoms with Gasteiger partial charge in [-0.3, -0.25) is 14.5 Å². The Hall–Kier alpha value is -1.88. The molecule has 118 valence electrons. The average molecular weight is 301 g/mol. The molecule has 22 heavy (non-hydrogen) atoms. The molecule has 2 amide bonds. The molecule has 1 fully saturated rings. The Morgan fingerprint density at radius 1 is 1.18 bits per heavy atom. The third-order valence-electron chi connectivity index (χ3n) is 4.75. The van der Waals surface area contributed by atoms with Crippen LogP contribution in [0.4, 0.5) is 0 Å². The van der Waals surface area contributed by atoms with E-state index < -0.39 is 0 Å². The first-order valence-electron chi connectivity index (χ1n) is 7.99. The summed E-state index contributed by atoms with van der Waals surface area (Å²) in [5, 5.41) is 0. The summed E-state index contributed by atoms with van der Waals surface area (Å²) in [7, 11) is 0. The van der Waals surface area contributed by atoms with Crippen LogP contribution < -0.4 is 5.73 Å². The molecule has 5 nitrogen and oxygen atoms in total. The van der Waals surface area contributed by atoms with Gasteiger partial charge in [0.2, 0.25) is 11.8 Å². The first-order valence-corrected chi connectivity index (χ1v) is 7.99. The molecular formula is C17H23N3O2. The van der Waals surface area contributed by atoms with Crippen LogP contribution in [-0.2, 0) is 22.6 Å². The van der Waals surface area contributed by atoms with E-state index in [1.165, 1.54) is 11.1 Å². The van der Waals surface area contributed by atoms with Gasteiger partial charge in [-0.1, -0.05) is 24.3 Å². The van der Waals surface area contributed by atoms with Gasteiger partial charge in [0.05, 0.1) is 12.5 Å². The second kappa shape index (κ2) is 6.48. The van der Waals surface area contributed by atoms with E-state index in [0.29, 0.717) is 13.1 Å². The Morgan fingerprint density at radius 3 is 2.73 bits per heavy atom. The third-order valence-corrected chi connectivity index (χ3v) is 4.75. The van der Waals surface area contributed by atoms with E-state index in [-0.39, 0.29) is 17.7 Å². The largest absolute Gasteiger partial charge is 0.369 e. The molecule has 1 aromatic carbocycles. The highest BCUT2D eigenvalue weighted by atomic mass is 16.2. The lowest BCUT2D eigenvalue weighted by molar-refractivity contribution is -0.136. The van der Waals surface area contributed by atoms with Gasteiger partial charge < -0.3 is 10.6 Å². The number of likely N-dealkylation sites (tertiary alicyclic amines) is 1. The highest BCUT2D eigenvalue weighted by Crippen LogP contribution is 2.20. The molecule has 0 aromatic heterocycles. The molecule has 0 aliphatic carbocycles. The molecule has 2 heterocycles. The zero-order valence-corrected chi connectivity index (χ0v) is 12.8. The molecule has 1 aromatic rings. The van der Waals surface area contributed by atoms with Gasteiger partial charge in [0.1, 0.15) is 0 Å². The second-order valence-corrected chi connectivity index (χ2v) is 6.31. The number of benzene rings is 1. The molecule has 0 unspecified atom stereocenters. The van der Waals surface area contributed by atoms with Crippen molar-refractivity contribution in [2.75, 3.05) is 26.2 Å². The van der Waals surface area contributed by atoms with E-state index >= 15 is 0 Å². The Bertz CT molecular complexity index is 573. The highest BCUT2D eigenvalue weighted by molar-refractivity contribution is 5.81. The summed E-state index contributed by atoms with van der Waals surface area (Å²) in [6, 6.07) is 8.41. The number of nitrogens with zero attached hydrogens (tertiary/aromatic N) is 2. The normalized spacial score (nSPS) is 22.2. The standard InChI is InChI=1S/C17H23N3O2/c18-17(22)15-6-3-8-20(11-15)16(21)12-19-9-7-13-4-1-2-5-14(13)10-19/h1-2,4-5,15H,3,6-12H2,(H2,18,22)/t15-/m0/s1. The zero-order chi connectivity index (χ0) is 15.5. The van der Waals surface area contributed by atoms with Crippen LogP contribution in [0.2, 0.25) is 0 Å². The lowest BCUT2D eigenvalue weighted by atomic mass is 9.97. The van der Waals surface area contributed by atoms with Crippen molar-refractivity contribution >= 4 is 11.8 Å². The first kappa shape index (κ1) is 15.0. The maximum absolute atomic E-state index is 12.5. The third kappa shape index (κ3) is 3.30. The van der Waals surface area contributed by atoms with E-state index in [0.717, 1.165) is 38.9 Å². The summed E-state index contributed by atoms with van der Waals surface area (Å²) in [4.78, 5) is 27.8. The van der Waals surface area contributed by atoms with E-state index in [2.05, 4.69) is 23.1 Å². The van der Waals surface area contributed by atoms with Gasteiger partial charge in [-0.25, -0.2) is 0 Å². The molecule has 0 saturated carbocycles. The summed E-state index contributed by atoms with van der Waals surface area (Å²) in [6.45, 7) is 3.40. The molecule has 1 saturated heterocycles. The van der Waals surface area contributed by atoms with E-state index in [9.17, 15) is 9.59 Å². The molecular weight excluding hydrogens is 278 g/mol. The number of rotatable bonds is 3. The molecule has 2 aliphatic heterocycles.